The fourth-order valence-electron chi connectivity index (χ4n) is 3.47. The van der Waals surface area contributed by atoms with Crippen LogP contribution < -0.4 is 4.74 Å². The summed E-state index contributed by atoms with van der Waals surface area (Å²) in [4.78, 5) is 27.8. The molecule has 0 saturated carbocycles. The van der Waals surface area contributed by atoms with E-state index in [9.17, 15) is 14.0 Å². The molecule has 0 aromatic heterocycles. The van der Waals surface area contributed by atoms with Gasteiger partial charge in [-0.25, -0.2) is 9.18 Å². The van der Waals surface area contributed by atoms with Crippen molar-refractivity contribution < 1.29 is 23.5 Å². The molecule has 0 N–H and O–H groups in total. The second kappa shape index (κ2) is 9.98. The van der Waals surface area contributed by atoms with Crippen LogP contribution >= 0.6 is 11.8 Å². The van der Waals surface area contributed by atoms with E-state index in [1.54, 1.807) is 23.9 Å². The zero-order valence-electron chi connectivity index (χ0n) is 17.3. The van der Waals surface area contributed by atoms with Gasteiger partial charge in [0.15, 0.2) is 11.6 Å². The average molecular weight is 432 g/mol. The first kappa shape index (κ1) is 22.2. The lowest BCUT2D eigenvalue weighted by Gasteiger charge is -2.22. The summed E-state index contributed by atoms with van der Waals surface area (Å²) in [6, 6.07) is 13.2. The van der Waals surface area contributed by atoms with Crippen LogP contribution in [0.3, 0.4) is 0 Å². The quantitative estimate of drug-likeness (QED) is 0.488. The molecule has 1 aliphatic rings. The Kier molecular flexibility index (Phi) is 7.37. The van der Waals surface area contributed by atoms with E-state index >= 15 is 0 Å². The van der Waals surface area contributed by atoms with Crippen LogP contribution in [-0.4, -0.2) is 47.8 Å². The fraction of sp³-hybridized carbons (Fsp3) is 0.391. The number of benzene rings is 2. The number of para-hydroxylation sites is 1. The van der Waals surface area contributed by atoms with Gasteiger partial charge in [-0.15, -0.1) is 11.8 Å². The predicted octanol–water partition coefficient (Wildman–Crippen LogP) is 4.09. The lowest BCUT2D eigenvalue weighted by molar-refractivity contribution is -0.150. The molecule has 5 nitrogen and oxygen atoms in total. The molecule has 1 fully saturated rings. The molecule has 3 rings (SSSR count). The van der Waals surface area contributed by atoms with Crippen molar-refractivity contribution in [2.75, 3.05) is 13.7 Å². The minimum absolute atomic E-state index is 0.110. The second-order valence-electron chi connectivity index (χ2n) is 7.48. The highest BCUT2D eigenvalue weighted by Gasteiger charge is 2.41. The second-order valence-corrected chi connectivity index (χ2v) is 9.13. The third-order valence-electron chi connectivity index (χ3n) is 4.84. The van der Waals surface area contributed by atoms with Crippen LogP contribution in [0.2, 0.25) is 0 Å². The zero-order chi connectivity index (χ0) is 21.7. The van der Waals surface area contributed by atoms with Gasteiger partial charge in [-0.3, -0.25) is 4.79 Å². The van der Waals surface area contributed by atoms with Gasteiger partial charge in [0.25, 0.3) is 0 Å². The van der Waals surface area contributed by atoms with Gasteiger partial charge in [-0.1, -0.05) is 38.1 Å². The third kappa shape index (κ3) is 5.53. The summed E-state index contributed by atoms with van der Waals surface area (Å²) >= 11 is 1.76. The third-order valence-corrected chi connectivity index (χ3v) is 5.85. The molecule has 1 amide bonds. The molecule has 0 aliphatic carbocycles. The van der Waals surface area contributed by atoms with Gasteiger partial charge in [0.05, 0.1) is 20.1 Å². The molecule has 1 heterocycles. The van der Waals surface area contributed by atoms with Crippen molar-refractivity contribution in [1.29, 1.82) is 0 Å². The van der Waals surface area contributed by atoms with Crippen LogP contribution in [0.1, 0.15) is 25.8 Å². The number of esters is 1. The van der Waals surface area contributed by atoms with Gasteiger partial charge in [0.2, 0.25) is 5.91 Å². The molecule has 7 heteroatoms. The summed E-state index contributed by atoms with van der Waals surface area (Å²) in [7, 11) is 1.29. The lowest BCUT2D eigenvalue weighted by atomic mass is 10.1. The molecular weight excluding hydrogens is 405 g/mol. The normalized spacial score (nSPS) is 18.5. The van der Waals surface area contributed by atoms with Crippen molar-refractivity contribution in [1.82, 2.24) is 4.90 Å². The first-order valence-corrected chi connectivity index (χ1v) is 10.8. The van der Waals surface area contributed by atoms with E-state index in [2.05, 4.69) is 13.8 Å². The maximum Gasteiger partial charge on any atom is 0.328 e. The molecule has 0 radical (unpaired) electrons. The smallest absolute Gasteiger partial charge is 0.328 e. The van der Waals surface area contributed by atoms with Gasteiger partial charge in [-0.2, -0.15) is 0 Å². The Morgan fingerprint density at radius 1 is 1.17 bits per heavy atom. The summed E-state index contributed by atoms with van der Waals surface area (Å²) < 4.78 is 24.5. The molecule has 2 aromatic rings. The molecule has 0 spiro atoms. The van der Waals surface area contributed by atoms with Crippen LogP contribution in [0.4, 0.5) is 4.39 Å². The topological polar surface area (TPSA) is 55.8 Å². The van der Waals surface area contributed by atoms with Crippen LogP contribution in [0.15, 0.2) is 53.4 Å². The number of methoxy groups -OCH3 is 1. The Hall–Kier alpha value is -2.54. The molecule has 1 aliphatic heterocycles. The SMILES string of the molecule is COC(=O)[C@H]1C[C@@H](Oc2ccccc2F)CN1C(=O)Cc1ccc(SC(C)C)cc1. The Morgan fingerprint density at radius 2 is 1.87 bits per heavy atom. The molecule has 2 atom stereocenters. The summed E-state index contributed by atoms with van der Waals surface area (Å²) in [6.07, 6.45) is -0.0525. The minimum Gasteiger partial charge on any atom is -0.485 e. The Labute approximate surface area is 180 Å². The van der Waals surface area contributed by atoms with Crippen LogP contribution in [0.5, 0.6) is 5.75 Å². The number of amides is 1. The zero-order valence-corrected chi connectivity index (χ0v) is 18.2. The molecule has 30 heavy (non-hydrogen) atoms. The summed E-state index contributed by atoms with van der Waals surface area (Å²) in [5.74, 6) is -1.05. The van der Waals surface area contributed by atoms with Crippen LogP contribution in [-0.2, 0) is 20.7 Å². The van der Waals surface area contributed by atoms with Gasteiger partial charge in [0.1, 0.15) is 12.1 Å². The summed E-state index contributed by atoms with van der Waals surface area (Å²) in [5.41, 5.74) is 0.871. The molecular formula is C23H26FNO4S. The maximum absolute atomic E-state index is 13.9. The van der Waals surface area contributed by atoms with Crippen molar-refractivity contribution in [3.05, 3.63) is 59.9 Å². The molecule has 160 valence electrons. The van der Waals surface area contributed by atoms with Crippen molar-refractivity contribution in [2.24, 2.45) is 0 Å². The van der Waals surface area contributed by atoms with E-state index in [4.69, 9.17) is 9.47 Å². The first-order chi connectivity index (χ1) is 14.4. The number of carbonyl (C=O) groups excluding carboxylic acids is 2. The Balaban J connectivity index is 1.69. The summed E-state index contributed by atoms with van der Waals surface area (Å²) in [6.45, 7) is 4.46. The van der Waals surface area contributed by atoms with E-state index in [-0.39, 0.29) is 31.0 Å². The number of ether oxygens (including phenoxy) is 2. The van der Waals surface area contributed by atoms with Crippen molar-refractivity contribution in [3.8, 4) is 5.75 Å². The number of carbonyl (C=O) groups is 2. The fourth-order valence-corrected chi connectivity index (χ4v) is 4.31. The highest BCUT2D eigenvalue weighted by Crippen LogP contribution is 2.27. The van der Waals surface area contributed by atoms with E-state index in [0.29, 0.717) is 5.25 Å². The largest absolute Gasteiger partial charge is 0.485 e. The van der Waals surface area contributed by atoms with Crippen LogP contribution in [0.25, 0.3) is 0 Å². The van der Waals surface area contributed by atoms with E-state index in [0.717, 1.165) is 10.5 Å². The van der Waals surface area contributed by atoms with Crippen molar-refractivity contribution in [3.63, 3.8) is 0 Å². The number of likely N-dealkylation sites (tertiary alicyclic amines) is 1. The highest BCUT2D eigenvalue weighted by atomic mass is 32.2. The average Bonchev–Trinajstić information content (AvgIpc) is 3.14. The maximum atomic E-state index is 13.9. The van der Waals surface area contributed by atoms with Crippen molar-refractivity contribution >= 4 is 23.6 Å². The minimum atomic E-state index is -0.741. The van der Waals surface area contributed by atoms with E-state index < -0.39 is 23.9 Å². The number of hydrogen-bond acceptors (Lipinski definition) is 5. The van der Waals surface area contributed by atoms with Gasteiger partial charge in [-0.05, 0) is 29.8 Å². The van der Waals surface area contributed by atoms with Gasteiger partial charge >= 0.3 is 5.97 Å². The number of nitrogens with zero attached hydrogens (tertiary/aromatic N) is 1. The Morgan fingerprint density at radius 3 is 2.50 bits per heavy atom. The van der Waals surface area contributed by atoms with Crippen LogP contribution in [0, 0.1) is 5.82 Å². The number of hydrogen-bond donors (Lipinski definition) is 0. The number of rotatable bonds is 7. The molecule has 0 bridgehead atoms. The van der Waals surface area contributed by atoms with E-state index in [1.165, 1.54) is 24.1 Å². The Bertz CT molecular complexity index is 887. The lowest BCUT2D eigenvalue weighted by Crippen LogP contribution is -2.42. The predicted molar refractivity (Wildman–Crippen MR) is 114 cm³/mol. The summed E-state index contributed by atoms with van der Waals surface area (Å²) in [5, 5.41) is 0.481. The molecule has 2 aromatic carbocycles. The van der Waals surface area contributed by atoms with E-state index in [1.807, 2.05) is 24.3 Å². The van der Waals surface area contributed by atoms with Gasteiger partial charge in [0, 0.05) is 16.6 Å². The van der Waals surface area contributed by atoms with Gasteiger partial charge < -0.3 is 14.4 Å². The number of halogens is 1. The monoisotopic (exact) mass is 431 g/mol. The number of thioether (sulfide) groups is 1. The molecule has 1 saturated heterocycles. The standard InChI is InChI=1S/C23H26FNO4S/c1-15(2)30-18-10-8-16(9-11-18)12-22(26)25-14-17(13-20(25)23(27)28-3)29-21-7-5-4-6-19(21)24/h4-11,15,17,20H,12-14H2,1-3H3/t17-,20-/m1/s1. The van der Waals surface area contributed by atoms with Crippen molar-refractivity contribution in [2.45, 2.75) is 49.0 Å². The molecule has 0 unspecified atom stereocenters. The highest BCUT2D eigenvalue weighted by molar-refractivity contribution is 7.99. The first-order valence-electron chi connectivity index (χ1n) is 9.91.